The van der Waals surface area contributed by atoms with Gasteiger partial charge in [-0.25, -0.2) is 13.2 Å². The largest absolute Gasteiger partial charge is 0.394 e. The topological polar surface area (TPSA) is 71.2 Å². The first-order valence-electron chi connectivity index (χ1n) is 6.63. The molecule has 1 aromatic carbocycles. The number of hydrogen-bond donors (Lipinski definition) is 2. The predicted octanol–water partition coefficient (Wildman–Crippen LogP) is 2.23. The molecule has 22 heavy (non-hydrogen) atoms. The Balaban J connectivity index is 2.02. The number of halogens is 3. The van der Waals surface area contributed by atoms with Crippen LogP contribution in [0.4, 0.5) is 13.2 Å². The monoisotopic (exact) mass is 315 g/mol. The van der Waals surface area contributed by atoms with Gasteiger partial charge in [-0.3, -0.25) is 0 Å². The highest BCUT2D eigenvalue weighted by atomic mass is 19.3. The molecule has 0 aliphatic carbocycles. The van der Waals surface area contributed by atoms with E-state index >= 15 is 0 Å². The molecule has 2 N–H and O–H groups in total. The van der Waals surface area contributed by atoms with E-state index in [4.69, 9.17) is 0 Å². The van der Waals surface area contributed by atoms with Gasteiger partial charge in [-0.1, -0.05) is 23.4 Å². The lowest BCUT2D eigenvalue weighted by Crippen LogP contribution is -2.47. The first-order chi connectivity index (χ1) is 10.4. The fraction of sp³-hybridized carbons (Fsp3) is 0.429. The highest BCUT2D eigenvalue weighted by Crippen LogP contribution is 2.18. The van der Waals surface area contributed by atoms with Gasteiger partial charge in [-0.15, -0.1) is 0 Å². The Morgan fingerprint density at radius 2 is 2.09 bits per heavy atom. The number of hydrogen-bond acceptors (Lipinski definition) is 5. The lowest BCUT2D eigenvalue weighted by molar-refractivity contribution is 0.136. The second-order valence-electron chi connectivity index (χ2n) is 5.19. The lowest BCUT2D eigenvalue weighted by atomic mass is 9.93. The summed E-state index contributed by atoms with van der Waals surface area (Å²) in [6.45, 7) is 1.40. The van der Waals surface area contributed by atoms with Crippen LogP contribution in [0.1, 0.15) is 30.6 Å². The van der Waals surface area contributed by atoms with Crippen LogP contribution in [-0.2, 0) is 13.0 Å². The van der Waals surface area contributed by atoms with Crippen LogP contribution in [0.15, 0.2) is 28.8 Å². The molecule has 8 heteroatoms. The molecule has 0 spiro atoms. The molecule has 2 aromatic rings. The van der Waals surface area contributed by atoms with Crippen LogP contribution in [-0.4, -0.2) is 27.4 Å². The number of nitrogens with one attached hydrogen (secondary N) is 1. The third-order valence-electron chi connectivity index (χ3n) is 3.23. The minimum absolute atomic E-state index is 0.00870. The van der Waals surface area contributed by atoms with E-state index in [-0.39, 0.29) is 31.3 Å². The molecule has 1 heterocycles. The van der Waals surface area contributed by atoms with Gasteiger partial charge in [0.25, 0.3) is 0 Å². The number of rotatable bonds is 7. The maximum absolute atomic E-state index is 13.7. The number of aliphatic hydroxyl groups excluding tert-OH is 1. The minimum atomic E-state index is -2.81. The molecule has 0 unspecified atom stereocenters. The summed E-state index contributed by atoms with van der Waals surface area (Å²) in [6, 6.07) is 6.22. The SMILES string of the molecule is C[C@@](CO)(Cc1ccccc1F)NCc1nc(C(F)F)no1. The van der Waals surface area contributed by atoms with Crippen molar-refractivity contribution in [1.29, 1.82) is 0 Å². The molecule has 0 fully saturated rings. The summed E-state index contributed by atoms with van der Waals surface area (Å²) in [7, 11) is 0. The van der Waals surface area contributed by atoms with Crippen molar-refractivity contribution in [3.05, 3.63) is 47.4 Å². The van der Waals surface area contributed by atoms with Crippen LogP contribution in [0.2, 0.25) is 0 Å². The highest BCUT2D eigenvalue weighted by molar-refractivity contribution is 5.20. The van der Waals surface area contributed by atoms with E-state index < -0.39 is 17.8 Å². The molecule has 0 saturated heterocycles. The Kier molecular flexibility index (Phi) is 5.15. The third kappa shape index (κ3) is 4.05. The van der Waals surface area contributed by atoms with E-state index in [1.807, 2.05) is 0 Å². The summed E-state index contributed by atoms with van der Waals surface area (Å²) in [6.07, 6.45) is -2.59. The van der Waals surface area contributed by atoms with Gasteiger partial charge in [0.05, 0.1) is 13.2 Å². The van der Waals surface area contributed by atoms with Gasteiger partial charge >= 0.3 is 6.43 Å². The van der Waals surface area contributed by atoms with E-state index in [0.29, 0.717) is 5.56 Å². The summed E-state index contributed by atoms with van der Waals surface area (Å²) in [4.78, 5) is 3.53. The van der Waals surface area contributed by atoms with E-state index in [9.17, 15) is 18.3 Å². The fourth-order valence-corrected chi connectivity index (χ4v) is 1.95. The molecule has 0 radical (unpaired) electrons. The Morgan fingerprint density at radius 3 is 2.68 bits per heavy atom. The average molecular weight is 315 g/mol. The van der Waals surface area contributed by atoms with E-state index in [1.165, 1.54) is 6.07 Å². The van der Waals surface area contributed by atoms with E-state index in [1.54, 1.807) is 25.1 Å². The van der Waals surface area contributed by atoms with Crippen molar-refractivity contribution in [2.45, 2.75) is 31.9 Å². The summed E-state index contributed by atoms with van der Waals surface area (Å²) in [5, 5.41) is 15.6. The summed E-state index contributed by atoms with van der Waals surface area (Å²) < 4.78 is 43.1. The summed E-state index contributed by atoms with van der Waals surface area (Å²) in [5.74, 6) is -1.08. The van der Waals surface area contributed by atoms with E-state index in [0.717, 1.165) is 0 Å². The van der Waals surface area contributed by atoms with Crippen molar-refractivity contribution in [3.63, 3.8) is 0 Å². The van der Waals surface area contributed by atoms with Crippen LogP contribution < -0.4 is 5.32 Å². The number of benzene rings is 1. The molecule has 0 bridgehead atoms. The van der Waals surface area contributed by atoms with Crippen molar-refractivity contribution in [3.8, 4) is 0 Å². The van der Waals surface area contributed by atoms with Gasteiger partial charge in [-0.2, -0.15) is 4.98 Å². The van der Waals surface area contributed by atoms with Crippen molar-refractivity contribution in [2.75, 3.05) is 6.61 Å². The summed E-state index contributed by atoms with van der Waals surface area (Å²) >= 11 is 0. The number of aromatic nitrogens is 2. The highest BCUT2D eigenvalue weighted by Gasteiger charge is 2.26. The first-order valence-corrected chi connectivity index (χ1v) is 6.63. The number of nitrogens with zero attached hydrogens (tertiary/aromatic N) is 2. The Bertz CT molecular complexity index is 621. The predicted molar refractivity (Wildman–Crippen MR) is 71.7 cm³/mol. The van der Waals surface area contributed by atoms with Crippen LogP contribution in [0.25, 0.3) is 0 Å². The quantitative estimate of drug-likeness (QED) is 0.820. The second kappa shape index (κ2) is 6.89. The van der Waals surface area contributed by atoms with Gasteiger partial charge in [-0.05, 0) is 25.0 Å². The molecule has 5 nitrogen and oxygen atoms in total. The zero-order chi connectivity index (χ0) is 16.2. The Labute approximate surface area is 125 Å². The van der Waals surface area contributed by atoms with E-state index in [2.05, 4.69) is 20.0 Å². The molecule has 2 rings (SSSR count). The molecule has 0 aliphatic rings. The zero-order valence-corrected chi connectivity index (χ0v) is 11.9. The number of alkyl halides is 2. The van der Waals surface area contributed by atoms with Crippen LogP contribution >= 0.6 is 0 Å². The molecule has 120 valence electrons. The van der Waals surface area contributed by atoms with Gasteiger partial charge < -0.3 is 14.9 Å². The standard InChI is InChI=1S/C14H16F3N3O2/c1-14(8-21,6-9-4-2-3-5-10(9)15)18-7-11-19-13(12(16)17)20-22-11/h2-5,12,18,21H,6-8H2,1H3/t14-/m0/s1. The fourth-order valence-electron chi connectivity index (χ4n) is 1.95. The molecule has 0 saturated carbocycles. The third-order valence-corrected chi connectivity index (χ3v) is 3.23. The van der Waals surface area contributed by atoms with Crippen molar-refractivity contribution < 1.29 is 22.8 Å². The van der Waals surface area contributed by atoms with Gasteiger partial charge in [0.1, 0.15) is 5.82 Å². The lowest BCUT2D eigenvalue weighted by Gasteiger charge is -2.28. The van der Waals surface area contributed by atoms with Crippen LogP contribution in [0, 0.1) is 5.82 Å². The molecular weight excluding hydrogens is 299 g/mol. The van der Waals surface area contributed by atoms with Crippen molar-refractivity contribution in [2.24, 2.45) is 0 Å². The van der Waals surface area contributed by atoms with Crippen molar-refractivity contribution in [1.82, 2.24) is 15.5 Å². The Hall–Kier alpha value is -1.93. The smallest absolute Gasteiger partial charge is 0.300 e. The number of aliphatic hydroxyl groups is 1. The maximum atomic E-state index is 13.7. The molecule has 0 aliphatic heterocycles. The molecule has 0 amide bonds. The normalized spacial score (nSPS) is 14.3. The average Bonchev–Trinajstić information content (AvgIpc) is 2.97. The summed E-state index contributed by atoms with van der Waals surface area (Å²) in [5.41, 5.74) is -0.424. The maximum Gasteiger partial charge on any atom is 0.300 e. The minimum Gasteiger partial charge on any atom is -0.394 e. The van der Waals surface area contributed by atoms with Gasteiger partial charge in [0.15, 0.2) is 0 Å². The first kappa shape index (κ1) is 16.4. The second-order valence-corrected chi connectivity index (χ2v) is 5.19. The van der Waals surface area contributed by atoms with Crippen molar-refractivity contribution >= 4 is 0 Å². The molecule has 1 atom stereocenters. The zero-order valence-electron chi connectivity index (χ0n) is 11.9. The van der Waals surface area contributed by atoms with Crippen LogP contribution in [0.3, 0.4) is 0 Å². The molecular formula is C14H16F3N3O2. The van der Waals surface area contributed by atoms with Gasteiger partial charge in [0, 0.05) is 5.54 Å². The van der Waals surface area contributed by atoms with Crippen LogP contribution in [0.5, 0.6) is 0 Å². The molecule has 1 aromatic heterocycles. The Morgan fingerprint density at radius 1 is 1.36 bits per heavy atom. The van der Waals surface area contributed by atoms with Gasteiger partial charge in [0.2, 0.25) is 11.7 Å².